The van der Waals surface area contributed by atoms with Gasteiger partial charge in [0.25, 0.3) is 0 Å². The van der Waals surface area contributed by atoms with Crippen LogP contribution in [0.1, 0.15) is 17.2 Å². The van der Waals surface area contributed by atoms with Gasteiger partial charge in [-0.15, -0.1) is 0 Å². The zero-order valence-corrected chi connectivity index (χ0v) is 14.0. The molecule has 0 amide bonds. The highest BCUT2D eigenvalue weighted by Crippen LogP contribution is 2.27. The van der Waals surface area contributed by atoms with E-state index in [0.29, 0.717) is 22.0 Å². The first-order chi connectivity index (χ1) is 9.51. The first-order valence-electron chi connectivity index (χ1n) is 5.86. The Balaban J connectivity index is 2.28. The second-order valence-electron chi connectivity index (χ2n) is 4.33. The maximum Gasteiger partial charge on any atom is 0.123 e. The summed E-state index contributed by atoms with van der Waals surface area (Å²) >= 11 is 14.3. The fourth-order valence-electron chi connectivity index (χ4n) is 1.92. The SMILES string of the molecule is NNC(Cc1cc(F)ccc1Cl)c1ccc(I)c(Cl)c1. The molecule has 2 nitrogen and oxygen atoms in total. The van der Waals surface area contributed by atoms with Gasteiger partial charge in [-0.25, -0.2) is 4.39 Å². The van der Waals surface area contributed by atoms with Gasteiger partial charge in [-0.2, -0.15) is 0 Å². The molecule has 1 atom stereocenters. The summed E-state index contributed by atoms with van der Waals surface area (Å²) in [5, 5.41) is 1.18. The second kappa shape index (κ2) is 7.04. The Bertz CT molecular complexity index is 622. The van der Waals surface area contributed by atoms with Crippen LogP contribution >= 0.6 is 45.8 Å². The molecule has 6 heteroatoms. The van der Waals surface area contributed by atoms with Gasteiger partial charge < -0.3 is 0 Å². The largest absolute Gasteiger partial charge is 0.271 e. The van der Waals surface area contributed by atoms with Gasteiger partial charge in [-0.05, 0) is 70.5 Å². The molecule has 2 rings (SSSR count). The molecule has 0 aliphatic carbocycles. The number of halogens is 4. The number of nitrogens with two attached hydrogens (primary N) is 1. The predicted molar refractivity (Wildman–Crippen MR) is 89.3 cm³/mol. The van der Waals surface area contributed by atoms with E-state index in [1.54, 1.807) is 6.07 Å². The van der Waals surface area contributed by atoms with E-state index in [0.717, 1.165) is 9.13 Å². The zero-order valence-electron chi connectivity index (χ0n) is 10.3. The van der Waals surface area contributed by atoms with Crippen LogP contribution in [0.3, 0.4) is 0 Å². The van der Waals surface area contributed by atoms with Crippen LogP contribution < -0.4 is 11.3 Å². The normalized spacial score (nSPS) is 12.4. The van der Waals surface area contributed by atoms with Crippen molar-refractivity contribution in [3.05, 3.63) is 67.0 Å². The van der Waals surface area contributed by atoms with Crippen LogP contribution in [0.2, 0.25) is 10.0 Å². The minimum absolute atomic E-state index is 0.191. The highest BCUT2D eigenvalue weighted by atomic mass is 127. The lowest BCUT2D eigenvalue weighted by atomic mass is 9.99. The van der Waals surface area contributed by atoms with Crippen LogP contribution in [0.25, 0.3) is 0 Å². The Morgan fingerprint density at radius 1 is 1.15 bits per heavy atom. The van der Waals surface area contributed by atoms with Crippen molar-refractivity contribution >= 4 is 45.8 Å². The fourth-order valence-corrected chi connectivity index (χ4v) is 2.64. The molecule has 0 heterocycles. The quantitative estimate of drug-likeness (QED) is 0.431. The van der Waals surface area contributed by atoms with Crippen LogP contribution in [-0.2, 0) is 6.42 Å². The van der Waals surface area contributed by atoms with Gasteiger partial charge in [0.1, 0.15) is 5.82 Å². The Morgan fingerprint density at radius 3 is 2.55 bits per heavy atom. The van der Waals surface area contributed by atoms with Gasteiger partial charge in [0.15, 0.2) is 0 Å². The Morgan fingerprint density at radius 2 is 1.90 bits per heavy atom. The Kier molecular flexibility index (Phi) is 5.63. The molecule has 2 aromatic rings. The number of benzene rings is 2. The molecule has 3 N–H and O–H groups in total. The van der Waals surface area contributed by atoms with Crippen molar-refractivity contribution in [3.8, 4) is 0 Å². The molecule has 0 fully saturated rings. The monoisotopic (exact) mass is 424 g/mol. The van der Waals surface area contributed by atoms with E-state index in [2.05, 4.69) is 28.0 Å². The van der Waals surface area contributed by atoms with Crippen molar-refractivity contribution in [1.29, 1.82) is 0 Å². The van der Waals surface area contributed by atoms with Gasteiger partial charge in [-0.3, -0.25) is 11.3 Å². The van der Waals surface area contributed by atoms with E-state index in [-0.39, 0.29) is 11.9 Å². The third-order valence-corrected chi connectivity index (χ3v) is 4.92. The number of nitrogens with one attached hydrogen (secondary N) is 1. The van der Waals surface area contributed by atoms with E-state index in [9.17, 15) is 4.39 Å². The van der Waals surface area contributed by atoms with Crippen molar-refractivity contribution in [3.63, 3.8) is 0 Å². The van der Waals surface area contributed by atoms with Crippen LogP contribution in [0, 0.1) is 9.39 Å². The smallest absolute Gasteiger partial charge is 0.123 e. The summed E-state index contributed by atoms with van der Waals surface area (Å²) in [5.74, 6) is 5.28. The molecular weight excluding hydrogens is 413 g/mol. The van der Waals surface area contributed by atoms with Crippen molar-refractivity contribution in [1.82, 2.24) is 5.43 Å². The molecule has 106 valence electrons. The third kappa shape index (κ3) is 3.83. The first-order valence-corrected chi connectivity index (χ1v) is 7.69. The molecule has 20 heavy (non-hydrogen) atoms. The summed E-state index contributed by atoms with van der Waals surface area (Å²) in [5.41, 5.74) is 4.35. The average Bonchev–Trinajstić information content (AvgIpc) is 2.43. The van der Waals surface area contributed by atoms with Crippen LogP contribution in [0.5, 0.6) is 0 Å². The summed E-state index contributed by atoms with van der Waals surface area (Å²) in [4.78, 5) is 0. The van der Waals surface area contributed by atoms with E-state index >= 15 is 0 Å². The molecule has 0 radical (unpaired) electrons. The predicted octanol–water partition coefficient (Wildman–Crippen LogP) is 4.48. The number of hydrogen-bond donors (Lipinski definition) is 2. The molecule has 1 unspecified atom stereocenters. The number of hydrazine groups is 1. The number of rotatable bonds is 4. The van der Waals surface area contributed by atoms with Gasteiger partial charge >= 0.3 is 0 Å². The molecule has 0 aromatic heterocycles. The van der Waals surface area contributed by atoms with E-state index in [4.69, 9.17) is 29.0 Å². The standard InChI is InChI=1S/C14H12Cl2FIN2/c15-11-3-2-10(17)5-9(11)7-14(20-19)8-1-4-13(18)12(16)6-8/h1-6,14,20H,7,19H2. The maximum absolute atomic E-state index is 13.3. The zero-order chi connectivity index (χ0) is 14.7. The number of hydrogen-bond acceptors (Lipinski definition) is 2. The van der Waals surface area contributed by atoms with E-state index < -0.39 is 0 Å². The molecule has 0 aliphatic rings. The fraction of sp³-hybridized carbons (Fsp3) is 0.143. The summed E-state index contributed by atoms with van der Waals surface area (Å²) in [7, 11) is 0. The summed E-state index contributed by atoms with van der Waals surface area (Å²) in [6.07, 6.45) is 0.476. The van der Waals surface area contributed by atoms with Crippen LogP contribution in [-0.4, -0.2) is 0 Å². The van der Waals surface area contributed by atoms with E-state index in [1.165, 1.54) is 12.1 Å². The molecule has 2 aromatic carbocycles. The molecular formula is C14H12Cl2FIN2. The van der Waals surface area contributed by atoms with E-state index in [1.807, 2.05) is 18.2 Å². The maximum atomic E-state index is 13.3. The summed E-state index contributed by atoms with van der Waals surface area (Å²) < 4.78 is 14.3. The van der Waals surface area contributed by atoms with Gasteiger partial charge in [0.2, 0.25) is 0 Å². The van der Waals surface area contributed by atoms with Crippen molar-refractivity contribution in [2.45, 2.75) is 12.5 Å². The van der Waals surface area contributed by atoms with Gasteiger partial charge in [0.05, 0.1) is 11.1 Å². The van der Waals surface area contributed by atoms with Crippen molar-refractivity contribution < 1.29 is 4.39 Å². The second-order valence-corrected chi connectivity index (χ2v) is 6.31. The molecule has 0 spiro atoms. The van der Waals surface area contributed by atoms with Crippen molar-refractivity contribution in [2.75, 3.05) is 0 Å². The van der Waals surface area contributed by atoms with Crippen LogP contribution in [0.15, 0.2) is 36.4 Å². The lowest BCUT2D eigenvalue weighted by molar-refractivity contribution is 0.548. The Hall–Kier alpha value is -0.400. The average molecular weight is 425 g/mol. The molecule has 0 saturated heterocycles. The highest BCUT2D eigenvalue weighted by Gasteiger charge is 2.14. The van der Waals surface area contributed by atoms with Crippen molar-refractivity contribution in [2.24, 2.45) is 5.84 Å². The Labute approximate surface area is 140 Å². The lowest BCUT2D eigenvalue weighted by Crippen LogP contribution is -2.29. The van der Waals surface area contributed by atoms with Gasteiger partial charge in [-0.1, -0.05) is 29.3 Å². The minimum Gasteiger partial charge on any atom is -0.271 e. The lowest BCUT2D eigenvalue weighted by Gasteiger charge is -2.18. The molecule has 0 bridgehead atoms. The topological polar surface area (TPSA) is 38.0 Å². The van der Waals surface area contributed by atoms with Crippen LogP contribution in [0.4, 0.5) is 4.39 Å². The molecule has 0 saturated carbocycles. The molecule has 0 aliphatic heterocycles. The summed E-state index contributed by atoms with van der Waals surface area (Å²) in [6, 6.07) is 9.80. The third-order valence-electron chi connectivity index (χ3n) is 2.98. The van der Waals surface area contributed by atoms with Gasteiger partial charge in [0, 0.05) is 8.59 Å². The highest BCUT2D eigenvalue weighted by molar-refractivity contribution is 14.1. The minimum atomic E-state index is -0.319. The first kappa shape index (κ1) is 16.0. The summed E-state index contributed by atoms with van der Waals surface area (Å²) in [6.45, 7) is 0.